The van der Waals surface area contributed by atoms with E-state index in [-0.39, 0.29) is 37.3 Å². The molecule has 4 rings (SSSR count). The van der Waals surface area contributed by atoms with Gasteiger partial charge in [-0.1, -0.05) is 13.0 Å². The van der Waals surface area contributed by atoms with E-state index >= 15 is 0 Å². The number of nitrogens with one attached hydrogen (secondary N) is 1. The number of morpholine rings is 1. The van der Waals surface area contributed by atoms with Crippen LogP contribution in [0, 0.1) is 5.92 Å². The average molecular weight is 397 g/mol. The lowest BCUT2D eigenvalue weighted by Gasteiger charge is -2.38. The third-order valence-corrected chi connectivity index (χ3v) is 5.70. The van der Waals surface area contributed by atoms with Crippen LogP contribution in [0.15, 0.2) is 18.2 Å². The van der Waals surface area contributed by atoms with Gasteiger partial charge in [-0.15, -0.1) is 12.4 Å². The lowest BCUT2D eigenvalue weighted by atomic mass is 9.86. The van der Waals surface area contributed by atoms with Crippen LogP contribution in [0.5, 0.6) is 11.5 Å². The Morgan fingerprint density at radius 2 is 1.96 bits per heavy atom. The van der Waals surface area contributed by atoms with Crippen LogP contribution < -0.4 is 14.8 Å². The summed E-state index contributed by atoms with van der Waals surface area (Å²) in [4.78, 5) is 15.3. The Bertz CT molecular complexity index is 643. The van der Waals surface area contributed by atoms with Gasteiger partial charge >= 0.3 is 0 Å². The summed E-state index contributed by atoms with van der Waals surface area (Å²) in [5.41, 5.74) is 1.07. The number of nitrogens with zero attached hydrogens (tertiary/aromatic N) is 1. The molecule has 2 fully saturated rings. The van der Waals surface area contributed by atoms with Gasteiger partial charge in [0.15, 0.2) is 11.5 Å². The molecule has 1 atom stereocenters. The standard InChI is InChI=1S/C20H28N2O4.ClH/c1-14-2-5-16(6-3-14)22(20(23)19-11-21-8-9-24-19)12-15-4-7-17-18(10-15)26-13-25-17;/h4,7,10,14,16,19,21H,2-3,5-6,8-9,11-13H2,1H3;1H. The molecule has 0 spiro atoms. The quantitative estimate of drug-likeness (QED) is 0.847. The second-order valence-corrected chi connectivity index (χ2v) is 7.63. The number of amides is 1. The fourth-order valence-electron chi connectivity index (χ4n) is 4.09. The zero-order valence-electron chi connectivity index (χ0n) is 15.8. The Morgan fingerprint density at radius 1 is 1.19 bits per heavy atom. The molecule has 1 aromatic carbocycles. The lowest BCUT2D eigenvalue weighted by Crippen LogP contribution is -2.52. The molecule has 1 aromatic rings. The van der Waals surface area contributed by atoms with Gasteiger partial charge in [-0.3, -0.25) is 4.79 Å². The van der Waals surface area contributed by atoms with Crippen LogP contribution in [-0.2, 0) is 16.1 Å². The van der Waals surface area contributed by atoms with Gasteiger partial charge in [0.2, 0.25) is 6.79 Å². The molecule has 0 bridgehead atoms. The molecule has 7 heteroatoms. The fraction of sp³-hybridized carbons (Fsp3) is 0.650. The van der Waals surface area contributed by atoms with Gasteiger partial charge in [0.25, 0.3) is 5.91 Å². The van der Waals surface area contributed by atoms with Gasteiger partial charge in [0.05, 0.1) is 6.61 Å². The first-order chi connectivity index (χ1) is 12.7. The monoisotopic (exact) mass is 396 g/mol. The molecule has 2 aliphatic heterocycles. The summed E-state index contributed by atoms with van der Waals surface area (Å²) in [5.74, 6) is 2.40. The van der Waals surface area contributed by atoms with Crippen LogP contribution in [0.1, 0.15) is 38.2 Å². The number of hydrogen-bond donors (Lipinski definition) is 1. The zero-order chi connectivity index (χ0) is 17.9. The zero-order valence-corrected chi connectivity index (χ0v) is 16.6. The molecule has 1 amide bonds. The van der Waals surface area contributed by atoms with Crippen LogP contribution in [-0.4, -0.2) is 49.4 Å². The first-order valence-electron chi connectivity index (χ1n) is 9.72. The van der Waals surface area contributed by atoms with E-state index in [1.165, 1.54) is 12.8 Å². The smallest absolute Gasteiger partial charge is 0.253 e. The van der Waals surface area contributed by atoms with E-state index in [1.54, 1.807) is 0 Å². The van der Waals surface area contributed by atoms with E-state index < -0.39 is 0 Å². The number of carbonyl (C=O) groups is 1. The van der Waals surface area contributed by atoms with Crippen molar-refractivity contribution in [2.24, 2.45) is 5.92 Å². The molecule has 1 aliphatic carbocycles. The van der Waals surface area contributed by atoms with Crippen molar-refractivity contribution < 1.29 is 19.0 Å². The minimum atomic E-state index is -0.378. The van der Waals surface area contributed by atoms with Crippen LogP contribution >= 0.6 is 12.4 Å². The SMILES string of the molecule is CC1CCC(N(Cc2ccc3c(c2)OCO3)C(=O)C2CNCCO2)CC1.Cl. The van der Waals surface area contributed by atoms with Gasteiger partial charge < -0.3 is 24.4 Å². The highest BCUT2D eigenvalue weighted by Gasteiger charge is 2.33. The van der Waals surface area contributed by atoms with Crippen LogP contribution in [0.2, 0.25) is 0 Å². The van der Waals surface area contributed by atoms with Crippen LogP contribution in [0.25, 0.3) is 0 Å². The van der Waals surface area contributed by atoms with E-state index in [2.05, 4.69) is 12.2 Å². The average Bonchev–Trinajstić information content (AvgIpc) is 3.15. The summed E-state index contributed by atoms with van der Waals surface area (Å²) in [6.07, 6.45) is 4.12. The van der Waals surface area contributed by atoms with Crippen molar-refractivity contribution in [1.29, 1.82) is 0 Å². The van der Waals surface area contributed by atoms with E-state index in [1.807, 2.05) is 23.1 Å². The predicted octanol–water partition coefficient (Wildman–Crippen LogP) is 2.73. The van der Waals surface area contributed by atoms with E-state index in [0.717, 1.165) is 42.4 Å². The Kier molecular flexibility index (Phi) is 6.84. The van der Waals surface area contributed by atoms with Crippen LogP contribution in [0.3, 0.4) is 0 Å². The van der Waals surface area contributed by atoms with Crippen molar-refractivity contribution in [2.75, 3.05) is 26.5 Å². The number of rotatable bonds is 4. The van der Waals surface area contributed by atoms with Gasteiger partial charge in [0.1, 0.15) is 6.10 Å². The number of benzene rings is 1. The van der Waals surface area contributed by atoms with Gasteiger partial charge in [-0.05, 0) is 49.3 Å². The largest absolute Gasteiger partial charge is 0.454 e. The third kappa shape index (κ3) is 4.68. The highest BCUT2D eigenvalue weighted by atomic mass is 35.5. The van der Waals surface area contributed by atoms with E-state index in [9.17, 15) is 4.79 Å². The van der Waals surface area contributed by atoms with Gasteiger partial charge in [-0.2, -0.15) is 0 Å². The van der Waals surface area contributed by atoms with Crippen molar-refractivity contribution in [2.45, 2.75) is 51.3 Å². The van der Waals surface area contributed by atoms with Crippen molar-refractivity contribution in [3.63, 3.8) is 0 Å². The molecule has 150 valence electrons. The summed E-state index contributed by atoms with van der Waals surface area (Å²) < 4.78 is 16.6. The van der Waals surface area contributed by atoms with Crippen molar-refractivity contribution >= 4 is 18.3 Å². The first kappa shape index (κ1) is 20.2. The minimum Gasteiger partial charge on any atom is -0.454 e. The number of hydrogen-bond acceptors (Lipinski definition) is 5. The second-order valence-electron chi connectivity index (χ2n) is 7.63. The van der Waals surface area contributed by atoms with E-state index in [4.69, 9.17) is 14.2 Å². The van der Waals surface area contributed by atoms with Crippen molar-refractivity contribution in [3.05, 3.63) is 23.8 Å². The molecule has 0 radical (unpaired) electrons. The summed E-state index contributed by atoms with van der Waals surface area (Å²) in [7, 11) is 0. The molecular weight excluding hydrogens is 368 g/mol. The number of fused-ring (bicyclic) bond motifs is 1. The number of ether oxygens (including phenoxy) is 3. The fourth-order valence-corrected chi connectivity index (χ4v) is 4.09. The lowest BCUT2D eigenvalue weighted by molar-refractivity contribution is -0.149. The summed E-state index contributed by atoms with van der Waals surface area (Å²) in [5, 5.41) is 3.27. The summed E-state index contributed by atoms with van der Waals surface area (Å²) in [6.45, 7) is 5.16. The molecule has 1 saturated carbocycles. The maximum Gasteiger partial charge on any atom is 0.253 e. The minimum absolute atomic E-state index is 0. The van der Waals surface area contributed by atoms with Crippen molar-refractivity contribution in [3.8, 4) is 11.5 Å². The summed E-state index contributed by atoms with van der Waals surface area (Å²) >= 11 is 0. The second kappa shape index (κ2) is 9.13. The maximum absolute atomic E-state index is 13.2. The van der Waals surface area contributed by atoms with Crippen molar-refractivity contribution in [1.82, 2.24) is 10.2 Å². The van der Waals surface area contributed by atoms with Gasteiger partial charge in [-0.25, -0.2) is 0 Å². The molecule has 2 heterocycles. The Hall–Kier alpha value is -1.50. The molecule has 1 unspecified atom stereocenters. The Labute approximate surface area is 166 Å². The molecule has 1 N–H and O–H groups in total. The molecule has 6 nitrogen and oxygen atoms in total. The number of halogens is 1. The van der Waals surface area contributed by atoms with E-state index in [0.29, 0.717) is 19.7 Å². The normalized spacial score (nSPS) is 26.9. The predicted molar refractivity (Wildman–Crippen MR) is 104 cm³/mol. The molecular formula is C20H29ClN2O4. The Morgan fingerprint density at radius 3 is 2.70 bits per heavy atom. The van der Waals surface area contributed by atoms with Crippen LogP contribution in [0.4, 0.5) is 0 Å². The topological polar surface area (TPSA) is 60.0 Å². The Balaban J connectivity index is 0.00000210. The highest BCUT2D eigenvalue weighted by Crippen LogP contribution is 2.34. The molecule has 3 aliphatic rings. The maximum atomic E-state index is 13.2. The number of carbonyl (C=O) groups excluding carboxylic acids is 1. The summed E-state index contributed by atoms with van der Waals surface area (Å²) in [6, 6.07) is 6.24. The third-order valence-electron chi connectivity index (χ3n) is 5.70. The molecule has 27 heavy (non-hydrogen) atoms. The van der Waals surface area contributed by atoms with Gasteiger partial charge in [0, 0.05) is 25.7 Å². The molecule has 1 saturated heterocycles. The highest BCUT2D eigenvalue weighted by molar-refractivity contribution is 5.85. The first-order valence-corrected chi connectivity index (χ1v) is 9.72. The molecule has 0 aromatic heterocycles.